The Morgan fingerprint density at radius 1 is 1.27 bits per heavy atom. The molecule has 0 radical (unpaired) electrons. The van der Waals surface area contributed by atoms with Crippen molar-refractivity contribution >= 4 is 0 Å². The molecule has 1 aliphatic carbocycles. The largest absolute Gasteiger partial charge is 0.393 e. The molecule has 0 aliphatic heterocycles. The van der Waals surface area contributed by atoms with Crippen LogP contribution in [0, 0.1) is 17.6 Å². The lowest BCUT2D eigenvalue weighted by atomic mass is 9.97. The van der Waals surface area contributed by atoms with Crippen LogP contribution in [0.5, 0.6) is 0 Å². The van der Waals surface area contributed by atoms with Crippen LogP contribution in [0.4, 0.5) is 8.78 Å². The van der Waals surface area contributed by atoms with Gasteiger partial charge in [0.15, 0.2) is 11.6 Å². The van der Waals surface area contributed by atoms with E-state index in [0.717, 1.165) is 18.9 Å². The zero-order valence-corrected chi connectivity index (χ0v) is 8.42. The fourth-order valence-corrected chi connectivity index (χ4v) is 2.25. The van der Waals surface area contributed by atoms with Crippen molar-refractivity contribution in [1.29, 1.82) is 0 Å². The molecule has 1 saturated carbocycles. The standard InChI is InChI=1S/C12H14F2O/c13-11-3-1-2-9(12(11)14)6-8-4-5-10(15)7-8/h1-3,8,10,15H,4-7H2. The molecule has 3 heteroatoms. The highest BCUT2D eigenvalue weighted by atomic mass is 19.2. The molecule has 15 heavy (non-hydrogen) atoms. The van der Waals surface area contributed by atoms with Gasteiger partial charge in [0.05, 0.1) is 6.10 Å². The van der Waals surface area contributed by atoms with Gasteiger partial charge in [0.2, 0.25) is 0 Å². The van der Waals surface area contributed by atoms with Gasteiger partial charge in [-0.3, -0.25) is 0 Å². The Bertz CT molecular complexity index is 351. The Hall–Kier alpha value is -0.960. The molecule has 1 N–H and O–H groups in total. The first-order valence-electron chi connectivity index (χ1n) is 5.27. The van der Waals surface area contributed by atoms with E-state index in [-0.39, 0.29) is 12.0 Å². The number of hydrogen-bond acceptors (Lipinski definition) is 1. The van der Waals surface area contributed by atoms with Gasteiger partial charge in [-0.2, -0.15) is 0 Å². The molecule has 1 fully saturated rings. The molecular formula is C12H14F2O. The van der Waals surface area contributed by atoms with Crippen LogP contribution >= 0.6 is 0 Å². The molecule has 2 rings (SSSR count). The second kappa shape index (κ2) is 4.27. The van der Waals surface area contributed by atoms with Crippen LogP contribution in [-0.2, 0) is 6.42 Å². The first kappa shape index (κ1) is 10.6. The van der Waals surface area contributed by atoms with E-state index in [9.17, 15) is 13.9 Å². The monoisotopic (exact) mass is 212 g/mol. The highest BCUT2D eigenvalue weighted by molar-refractivity contribution is 5.19. The lowest BCUT2D eigenvalue weighted by molar-refractivity contribution is 0.177. The van der Waals surface area contributed by atoms with Gasteiger partial charge in [-0.1, -0.05) is 12.1 Å². The van der Waals surface area contributed by atoms with Gasteiger partial charge in [-0.05, 0) is 43.2 Å². The van der Waals surface area contributed by atoms with E-state index in [0.29, 0.717) is 18.4 Å². The summed E-state index contributed by atoms with van der Waals surface area (Å²) in [6, 6.07) is 4.27. The van der Waals surface area contributed by atoms with Crippen LogP contribution in [-0.4, -0.2) is 11.2 Å². The average molecular weight is 212 g/mol. The van der Waals surface area contributed by atoms with Crippen LogP contribution < -0.4 is 0 Å². The summed E-state index contributed by atoms with van der Waals surface area (Å²) in [5.74, 6) is -1.23. The Kier molecular flexibility index (Phi) is 3.00. The Balaban J connectivity index is 2.07. The number of hydrogen-bond donors (Lipinski definition) is 1. The Labute approximate surface area is 87.7 Å². The van der Waals surface area contributed by atoms with Crippen LogP contribution in [0.1, 0.15) is 24.8 Å². The second-order valence-electron chi connectivity index (χ2n) is 4.25. The van der Waals surface area contributed by atoms with Gasteiger partial charge in [0.1, 0.15) is 0 Å². The summed E-state index contributed by atoms with van der Waals surface area (Å²) in [7, 11) is 0. The molecule has 1 aliphatic rings. The summed E-state index contributed by atoms with van der Waals surface area (Å²) in [4.78, 5) is 0. The van der Waals surface area contributed by atoms with Crippen LogP contribution in [0.2, 0.25) is 0 Å². The molecule has 2 unspecified atom stereocenters. The van der Waals surface area contributed by atoms with Gasteiger partial charge >= 0.3 is 0 Å². The molecule has 1 nitrogen and oxygen atoms in total. The van der Waals surface area contributed by atoms with Crippen molar-refractivity contribution in [3.8, 4) is 0 Å². The highest BCUT2D eigenvalue weighted by Gasteiger charge is 2.24. The smallest absolute Gasteiger partial charge is 0.162 e. The Morgan fingerprint density at radius 2 is 2.07 bits per heavy atom. The minimum atomic E-state index is -0.786. The summed E-state index contributed by atoms with van der Waals surface area (Å²) < 4.78 is 26.2. The average Bonchev–Trinajstić information content (AvgIpc) is 2.59. The van der Waals surface area contributed by atoms with Crippen molar-refractivity contribution in [1.82, 2.24) is 0 Å². The molecular weight excluding hydrogens is 198 g/mol. The third kappa shape index (κ3) is 2.34. The van der Waals surface area contributed by atoms with Gasteiger partial charge in [0.25, 0.3) is 0 Å². The topological polar surface area (TPSA) is 20.2 Å². The number of aliphatic hydroxyl groups is 1. The molecule has 82 valence electrons. The molecule has 0 saturated heterocycles. The first-order valence-corrected chi connectivity index (χ1v) is 5.27. The zero-order chi connectivity index (χ0) is 10.8. The van der Waals surface area contributed by atoms with Crippen molar-refractivity contribution in [2.24, 2.45) is 5.92 Å². The van der Waals surface area contributed by atoms with Gasteiger partial charge < -0.3 is 5.11 Å². The molecule has 0 spiro atoms. The zero-order valence-electron chi connectivity index (χ0n) is 8.42. The molecule has 1 aromatic rings. The van der Waals surface area contributed by atoms with Crippen molar-refractivity contribution in [2.45, 2.75) is 31.8 Å². The first-order chi connectivity index (χ1) is 7.16. The molecule has 0 aromatic heterocycles. The van der Waals surface area contributed by atoms with E-state index in [2.05, 4.69) is 0 Å². The maximum Gasteiger partial charge on any atom is 0.162 e. The quantitative estimate of drug-likeness (QED) is 0.799. The van der Waals surface area contributed by atoms with Crippen LogP contribution in [0.3, 0.4) is 0 Å². The molecule has 0 heterocycles. The molecule has 2 atom stereocenters. The fraction of sp³-hybridized carbons (Fsp3) is 0.500. The van der Waals surface area contributed by atoms with Crippen molar-refractivity contribution < 1.29 is 13.9 Å². The fourth-order valence-electron chi connectivity index (χ4n) is 2.25. The number of benzene rings is 1. The summed E-state index contributed by atoms with van der Waals surface area (Å²) >= 11 is 0. The van der Waals surface area contributed by atoms with E-state index in [1.807, 2.05) is 0 Å². The number of aliphatic hydroxyl groups excluding tert-OH is 1. The third-order valence-corrected chi connectivity index (χ3v) is 3.05. The molecule has 1 aromatic carbocycles. The van der Waals surface area contributed by atoms with Crippen molar-refractivity contribution in [2.75, 3.05) is 0 Å². The summed E-state index contributed by atoms with van der Waals surface area (Å²) in [6.45, 7) is 0. The highest BCUT2D eigenvalue weighted by Crippen LogP contribution is 2.29. The minimum Gasteiger partial charge on any atom is -0.393 e. The lowest BCUT2D eigenvalue weighted by Crippen LogP contribution is -2.05. The van der Waals surface area contributed by atoms with E-state index >= 15 is 0 Å². The van der Waals surface area contributed by atoms with Gasteiger partial charge in [-0.15, -0.1) is 0 Å². The van der Waals surface area contributed by atoms with Crippen LogP contribution in [0.25, 0.3) is 0 Å². The summed E-state index contributed by atoms with van der Waals surface area (Å²) in [6.07, 6.45) is 2.65. The normalized spacial score (nSPS) is 25.8. The number of halogens is 2. The number of rotatable bonds is 2. The lowest BCUT2D eigenvalue weighted by Gasteiger charge is -2.10. The van der Waals surface area contributed by atoms with E-state index in [1.165, 1.54) is 6.07 Å². The van der Waals surface area contributed by atoms with Crippen molar-refractivity contribution in [3.63, 3.8) is 0 Å². The van der Waals surface area contributed by atoms with Gasteiger partial charge in [0, 0.05) is 0 Å². The van der Waals surface area contributed by atoms with Crippen molar-refractivity contribution in [3.05, 3.63) is 35.4 Å². The molecule has 0 amide bonds. The van der Waals surface area contributed by atoms with E-state index < -0.39 is 11.6 Å². The third-order valence-electron chi connectivity index (χ3n) is 3.05. The van der Waals surface area contributed by atoms with E-state index in [4.69, 9.17) is 0 Å². The van der Waals surface area contributed by atoms with E-state index in [1.54, 1.807) is 6.07 Å². The predicted octanol–water partition coefficient (Wildman–Crippen LogP) is 2.67. The SMILES string of the molecule is OC1CCC(Cc2cccc(F)c2F)C1. The maximum atomic E-state index is 13.3. The summed E-state index contributed by atoms with van der Waals surface area (Å²) in [5, 5.41) is 9.33. The summed E-state index contributed by atoms with van der Waals surface area (Å²) in [5.41, 5.74) is 0.425. The molecule has 0 bridgehead atoms. The van der Waals surface area contributed by atoms with Gasteiger partial charge in [-0.25, -0.2) is 8.78 Å². The predicted molar refractivity (Wildman–Crippen MR) is 53.4 cm³/mol. The Morgan fingerprint density at radius 3 is 2.73 bits per heavy atom. The maximum absolute atomic E-state index is 13.3. The minimum absolute atomic E-state index is 0.258. The second-order valence-corrected chi connectivity index (χ2v) is 4.25. The van der Waals surface area contributed by atoms with Crippen LogP contribution in [0.15, 0.2) is 18.2 Å².